The molecule has 0 amide bonds. The maximum Gasteiger partial charge on any atom is 0.170 e. The summed E-state index contributed by atoms with van der Waals surface area (Å²) >= 11 is 6.23. The first kappa shape index (κ1) is 16.1. The van der Waals surface area contributed by atoms with Crippen LogP contribution in [0.25, 0.3) is 0 Å². The smallest absolute Gasteiger partial charge is 0.170 e. The van der Waals surface area contributed by atoms with E-state index in [4.69, 9.17) is 27.3 Å². The van der Waals surface area contributed by atoms with Gasteiger partial charge in [-0.2, -0.15) is 0 Å². The molecule has 1 heterocycles. The number of amidine groups is 1. The molecule has 0 aromatic heterocycles. The molecule has 1 aromatic carbocycles. The minimum absolute atomic E-state index is 0.0612. The van der Waals surface area contributed by atoms with Gasteiger partial charge in [0.15, 0.2) is 5.84 Å². The van der Waals surface area contributed by atoms with Gasteiger partial charge in [-0.3, -0.25) is 0 Å². The van der Waals surface area contributed by atoms with E-state index in [1.54, 1.807) is 12.1 Å². The lowest BCUT2D eigenvalue weighted by Crippen LogP contribution is -2.36. The fourth-order valence-corrected chi connectivity index (χ4v) is 2.70. The quantitative estimate of drug-likeness (QED) is 0.337. The summed E-state index contributed by atoms with van der Waals surface area (Å²) in [5, 5.41) is 15.7. The standard InChI is InChI=1S/C15H22ClN3O2/c1-15(4-6-21-7-5-15)10-18-9-12-3-2-11(8-13(12)16)14(17)19-20/h2-3,8,18,20H,4-7,9-10H2,1H3,(H2,17,19). The van der Waals surface area contributed by atoms with Gasteiger partial charge in [0.05, 0.1) is 0 Å². The van der Waals surface area contributed by atoms with E-state index in [1.807, 2.05) is 6.07 Å². The Hall–Kier alpha value is -1.30. The van der Waals surface area contributed by atoms with E-state index in [9.17, 15) is 0 Å². The molecule has 0 spiro atoms. The summed E-state index contributed by atoms with van der Waals surface area (Å²) in [6.45, 7) is 5.60. The van der Waals surface area contributed by atoms with Crippen LogP contribution in [0.1, 0.15) is 30.9 Å². The Balaban J connectivity index is 1.91. The van der Waals surface area contributed by atoms with Gasteiger partial charge in [-0.1, -0.05) is 35.8 Å². The zero-order valence-electron chi connectivity index (χ0n) is 12.2. The summed E-state index contributed by atoms with van der Waals surface area (Å²) in [6, 6.07) is 5.41. The summed E-state index contributed by atoms with van der Waals surface area (Å²) in [7, 11) is 0. The number of nitrogens with zero attached hydrogens (tertiary/aromatic N) is 1. The van der Waals surface area contributed by atoms with Crippen LogP contribution in [0.3, 0.4) is 0 Å². The lowest BCUT2D eigenvalue weighted by Gasteiger charge is -2.33. The summed E-state index contributed by atoms with van der Waals surface area (Å²) in [5.74, 6) is 0.0612. The Morgan fingerprint density at radius 3 is 2.81 bits per heavy atom. The summed E-state index contributed by atoms with van der Waals surface area (Å²) in [5.41, 5.74) is 7.45. The summed E-state index contributed by atoms with van der Waals surface area (Å²) in [6.07, 6.45) is 2.16. The lowest BCUT2D eigenvalue weighted by molar-refractivity contribution is 0.0240. The Morgan fingerprint density at radius 2 is 2.19 bits per heavy atom. The molecule has 116 valence electrons. The van der Waals surface area contributed by atoms with Gasteiger partial charge in [0.1, 0.15) is 0 Å². The molecular formula is C15H22ClN3O2. The van der Waals surface area contributed by atoms with E-state index < -0.39 is 0 Å². The maximum atomic E-state index is 8.66. The van der Waals surface area contributed by atoms with Crippen molar-refractivity contribution in [2.75, 3.05) is 19.8 Å². The first-order valence-electron chi connectivity index (χ1n) is 7.09. The van der Waals surface area contributed by atoms with Gasteiger partial charge in [-0.25, -0.2) is 0 Å². The maximum absolute atomic E-state index is 8.66. The molecular weight excluding hydrogens is 290 g/mol. The molecule has 1 aliphatic heterocycles. The van der Waals surface area contributed by atoms with Crippen molar-refractivity contribution in [1.82, 2.24) is 5.32 Å². The molecule has 2 rings (SSSR count). The molecule has 0 bridgehead atoms. The number of rotatable bonds is 5. The van der Waals surface area contributed by atoms with Crippen LogP contribution < -0.4 is 11.1 Å². The Labute approximate surface area is 130 Å². The molecule has 1 saturated heterocycles. The van der Waals surface area contributed by atoms with Gasteiger partial charge >= 0.3 is 0 Å². The highest BCUT2D eigenvalue weighted by molar-refractivity contribution is 6.31. The van der Waals surface area contributed by atoms with Crippen molar-refractivity contribution >= 4 is 17.4 Å². The van der Waals surface area contributed by atoms with Crippen LogP contribution in [0.15, 0.2) is 23.4 Å². The fourth-order valence-electron chi connectivity index (χ4n) is 2.45. The third-order valence-corrected chi connectivity index (χ3v) is 4.38. The van der Waals surface area contributed by atoms with Gasteiger partial charge < -0.3 is 21.0 Å². The number of oxime groups is 1. The number of nitrogens with one attached hydrogen (secondary N) is 1. The highest BCUT2D eigenvalue weighted by atomic mass is 35.5. The largest absolute Gasteiger partial charge is 0.409 e. The van der Waals surface area contributed by atoms with Crippen LogP contribution in [-0.4, -0.2) is 30.8 Å². The zero-order chi connectivity index (χ0) is 15.3. The first-order valence-corrected chi connectivity index (χ1v) is 7.47. The topological polar surface area (TPSA) is 79.9 Å². The molecule has 5 nitrogen and oxygen atoms in total. The molecule has 1 aromatic rings. The van der Waals surface area contributed by atoms with Crippen molar-refractivity contribution in [2.24, 2.45) is 16.3 Å². The highest BCUT2D eigenvalue weighted by Gasteiger charge is 2.26. The van der Waals surface area contributed by atoms with Crippen LogP contribution in [0.4, 0.5) is 0 Å². The zero-order valence-corrected chi connectivity index (χ0v) is 13.0. The number of benzene rings is 1. The van der Waals surface area contributed by atoms with E-state index in [1.165, 1.54) is 0 Å². The Bertz CT molecular complexity index is 514. The molecule has 0 aliphatic carbocycles. The van der Waals surface area contributed by atoms with E-state index in [2.05, 4.69) is 17.4 Å². The number of hydrogen-bond acceptors (Lipinski definition) is 4. The number of halogens is 1. The van der Waals surface area contributed by atoms with E-state index in [0.717, 1.165) is 38.2 Å². The monoisotopic (exact) mass is 311 g/mol. The molecule has 4 N–H and O–H groups in total. The average Bonchev–Trinajstić information content (AvgIpc) is 2.48. The second-order valence-electron chi connectivity index (χ2n) is 5.82. The van der Waals surface area contributed by atoms with Gasteiger partial charge in [-0.15, -0.1) is 0 Å². The lowest BCUT2D eigenvalue weighted by atomic mass is 9.82. The van der Waals surface area contributed by atoms with Gasteiger partial charge in [0.2, 0.25) is 0 Å². The predicted molar refractivity (Wildman–Crippen MR) is 83.8 cm³/mol. The van der Waals surface area contributed by atoms with Gasteiger partial charge in [0.25, 0.3) is 0 Å². The van der Waals surface area contributed by atoms with Crippen molar-refractivity contribution in [1.29, 1.82) is 0 Å². The normalized spacial score (nSPS) is 18.7. The van der Waals surface area contributed by atoms with Gasteiger partial charge in [0, 0.05) is 36.9 Å². The van der Waals surface area contributed by atoms with Crippen LogP contribution >= 0.6 is 11.6 Å². The Kier molecular flexibility index (Phi) is 5.45. The average molecular weight is 312 g/mol. The number of ether oxygens (including phenoxy) is 1. The first-order chi connectivity index (χ1) is 10.0. The predicted octanol–water partition coefficient (Wildman–Crippen LogP) is 2.34. The molecule has 1 aliphatic rings. The van der Waals surface area contributed by atoms with Crippen molar-refractivity contribution < 1.29 is 9.94 Å². The van der Waals surface area contributed by atoms with Crippen molar-refractivity contribution in [3.8, 4) is 0 Å². The fraction of sp³-hybridized carbons (Fsp3) is 0.533. The minimum atomic E-state index is 0.0612. The van der Waals surface area contributed by atoms with Crippen LogP contribution in [0.2, 0.25) is 5.02 Å². The molecule has 21 heavy (non-hydrogen) atoms. The van der Waals surface area contributed by atoms with Crippen LogP contribution in [0, 0.1) is 5.41 Å². The molecule has 0 atom stereocenters. The summed E-state index contributed by atoms with van der Waals surface area (Å²) in [4.78, 5) is 0. The van der Waals surface area contributed by atoms with E-state index in [0.29, 0.717) is 22.5 Å². The molecule has 1 fully saturated rings. The third-order valence-electron chi connectivity index (χ3n) is 4.02. The SMILES string of the molecule is CC1(CNCc2ccc(/C(N)=N/O)cc2Cl)CCOCC1. The second-order valence-corrected chi connectivity index (χ2v) is 6.23. The van der Waals surface area contributed by atoms with Crippen LogP contribution in [-0.2, 0) is 11.3 Å². The summed E-state index contributed by atoms with van der Waals surface area (Å²) < 4.78 is 5.40. The van der Waals surface area contributed by atoms with Crippen molar-refractivity contribution in [2.45, 2.75) is 26.3 Å². The molecule has 6 heteroatoms. The number of nitrogens with two attached hydrogens (primary N) is 1. The highest BCUT2D eigenvalue weighted by Crippen LogP contribution is 2.29. The van der Waals surface area contributed by atoms with Gasteiger partial charge in [-0.05, 0) is 29.9 Å². The Morgan fingerprint density at radius 1 is 1.48 bits per heavy atom. The van der Waals surface area contributed by atoms with Crippen molar-refractivity contribution in [3.63, 3.8) is 0 Å². The second kappa shape index (κ2) is 7.11. The molecule has 0 radical (unpaired) electrons. The van der Waals surface area contributed by atoms with E-state index >= 15 is 0 Å². The minimum Gasteiger partial charge on any atom is -0.409 e. The molecule has 0 saturated carbocycles. The third kappa shape index (κ3) is 4.33. The van der Waals surface area contributed by atoms with E-state index in [-0.39, 0.29) is 5.84 Å². The number of hydrogen-bond donors (Lipinski definition) is 3. The molecule has 0 unspecified atom stereocenters. The van der Waals surface area contributed by atoms with Crippen molar-refractivity contribution in [3.05, 3.63) is 34.3 Å². The van der Waals surface area contributed by atoms with Crippen LogP contribution in [0.5, 0.6) is 0 Å².